The van der Waals surface area contributed by atoms with Crippen LogP contribution in [0.25, 0.3) is 0 Å². The van der Waals surface area contributed by atoms with E-state index in [9.17, 15) is 9.90 Å². The van der Waals surface area contributed by atoms with Crippen LogP contribution in [0.1, 0.15) is 46.0 Å². The number of hydrogen-bond donors (Lipinski definition) is 1. The van der Waals surface area contributed by atoms with Gasteiger partial charge in [0.1, 0.15) is 6.54 Å². The molecule has 110 valence electrons. The van der Waals surface area contributed by atoms with Gasteiger partial charge in [-0.25, -0.2) is 0 Å². The number of para-hydroxylation sites is 1. The average molecular weight is 275 g/mol. The molecule has 1 aliphatic carbocycles. The smallest absolute Gasteiger partial charge is 0.323 e. The van der Waals surface area contributed by atoms with Gasteiger partial charge in [0.2, 0.25) is 0 Å². The Labute approximate surface area is 121 Å². The molecule has 1 saturated carbocycles. The Morgan fingerprint density at radius 2 is 1.95 bits per heavy atom. The number of carboxylic acids is 1. The summed E-state index contributed by atoms with van der Waals surface area (Å²) in [6, 6.07) is 10.3. The fourth-order valence-electron chi connectivity index (χ4n) is 3.15. The first kappa shape index (κ1) is 14.9. The molecule has 20 heavy (non-hydrogen) atoms. The summed E-state index contributed by atoms with van der Waals surface area (Å²) in [7, 11) is 0. The number of benzene rings is 1. The van der Waals surface area contributed by atoms with E-state index in [1.165, 1.54) is 19.3 Å². The van der Waals surface area contributed by atoms with Gasteiger partial charge in [-0.3, -0.25) is 4.79 Å². The molecule has 1 fully saturated rings. The van der Waals surface area contributed by atoms with E-state index < -0.39 is 5.97 Å². The molecule has 1 aromatic rings. The molecule has 0 saturated heterocycles. The highest BCUT2D eigenvalue weighted by Crippen LogP contribution is 2.36. The third-order valence-electron chi connectivity index (χ3n) is 4.38. The fraction of sp³-hybridized carbons (Fsp3) is 0.588. The summed E-state index contributed by atoms with van der Waals surface area (Å²) < 4.78 is 0. The predicted molar refractivity (Wildman–Crippen MR) is 82.1 cm³/mol. The minimum absolute atomic E-state index is 0.0924. The largest absolute Gasteiger partial charge is 0.480 e. The molecule has 0 aromatic heterocycles. The van der Waals surface area contributed by atoms with Crippen LogP contribution >= 0.6 is 0 Å². The first-order chi connectivity index (χ1) is 9.48. The number of hydrogen-bond acceptors (Lipinski definition) is 2. The van der Waals surface area contributed by atoms with Crippen LogP contribution in [0.4, 0.5) is 5.69 Å². The van der Waals surface area contributed by atoms with Gasteiger partial charge in [-0.2, -0.15) is 0 Å². The highest BCUT2D eigenvalue weighted by Gasteiger charge is 2.28. The zero-order valence-corrected chi connectivity index (χ0v) is 12.5. The van der Waals surface area contributed by atoms with Crippen molar-refractivity contribution in [3.8, 4) is 0 Å². The Kier molecular flexibility index (Phi) is 4.69. The van der Waals surface area contributed by atoms with E-state index in [1.807, 2.05) is 30.3 Å². The molecule has 0 radical (unpaired) electrons. The van der Waals surface area contributed by atoms with Crippen LogP contribution in [0.3, 0.4) is 0 Å². The summed E-state index contributed by atoms with van der Waals surface area (Å²) in [6.45, 7) is 4.73. The maximum atomic E-state index is 11.2. The van der Waals surface area contributed by atoms with Gasteiger partial charge in [0.15, 0.2) is 0 Å². The first-order valence-electron chi connectivity index (χ1n) is 7.51. The summed E-state index contributed by atoms with van der Waals surface area (Å²) in [5.74, 6) is -0.752. The Morgan fingerprint density at radius 1 is 1.25 bits per heavy atom. The van der Waals surface area contributed by atoms with E-state index in [0.717, 1.165) is 18.5 Å². The second-order valence-electron chi connectivity index (χ2n) is 6.61. The Hall–Kier alpha value is -1.51. The van der Waals surface area contributed by atoms with Gasteiger partial charge in [0, 0.05) is 11.7 Å². The van der Waals surface area contributed by atoms with Crippen LogP contribution in [0.15, 0.2) is 30.3 Å². The zero-order chi connectivity index (χ0) is 14.6. The molecule has 1 unspecified atom stereocenters. The molecule has 0 heterocycles. The maximum Gasteiger partial charge on any atom is 0.323 e. The second kappa shape index (κ2) is 6.29. The molecule has 0 spiro atoms. The van der Waals surface area contributed by atoms with E-state index in [4.69, 9.17) is 0 Å². The van der Waals surface area contributed by atoms with E-state index in [2.05, 4.69) is 18.7 Å². The Balaban J connectivity index is 2.16. The SMILES string of the molecule is CC1(C)CCCC(N(CC(=O)O)c2ccccc2)CC1. The maximum absolute atomic E-state index is 11.2. The lowest BCUT2D eigenvalue weighted by Crippen LogP contribution is -2.39. The molecule has 2 rings (SSSR count). The standard InChI is InChI=1S/C17H25NO2/c1-17(2)11-6-9-15(10-12-17)18(13-16(19)20)14-7-4-3-5-8-14/h3-5,7-8,15H,6,9-13H2,1-2H3,(H,19,20). The van der Waals surface area contributed by atoms with E-state index in [1.54, 1.807) is 0 Å². The molecule has 1 atom stereocenters. The van der Waals surface area contributed by atoms with Gasteiger partial charge >= 0.3 is 5.97 Å². The number of nitrogens with zero attached hydrogens (tertiary/aromatic N) is 1. The lowest BCUT2D eigenvalue weighted by Gasteiger charge is -2.32. The molecule has 0 bridgehead atoms. The summed E-state index contributed by atoms with van der Waals surface area (Å²) >= 11 is 0. The van der Waals surface area contributed by atoms with Crippen molar-refractivity contribution in [2.75, 3.05) is 11.4 Å². The highest BCUT2D eigenvalue weighted by molar-refractivity contribution is 5.74. The molecule has 1 aromatic carbocycles. The molecular formula is C17H25NO2. The summed E-state index contributed by atoms with van der Waals surface area (Å²) in [5.41, 5.74) is 1.42. The molecule has 1 N–H and O–H groups in total. The van der Waals surface area contributed by atoms with E-state index in [0.29, 0.717) is 11.5 Å². The summed E-state index contributed by atoms with van der Waals surface area (Å²) in [6.07, 6.45) is 5.75. The van der Waals surface area contributed by atoms with E-state index in [-0.39, 0.29) is 6.54 Å². The van der Waals surface area contributed by atoms with Crippen LogP contribution in [-0.2, 0) is 4.79 Å². The van der Waals surface area contributed by atoms with Gasteiger partial charge in [-0.1, -0.05) is 38.5 Å². The molecule has 3 nitrogen and oxygen atoms in total. The second-order valence-corrected chi connectivity index (χ2v) is 6.61. The third kappa shape index (κ3) is 3.99. The number of carbonyl (C=O) groups is 1. The van der Waals surface area contributed by atoms with Crippen LogP contribution < -0.4 is 4.90 Å². The van der Waals surface area contributed by atoms with Crippen LogP contribution in [0.2, 0.25) is 0 Å². The molecule has 3 heteroatoms. The van der Waals surface area contributed by atoms with Gasteiger partial charge in [0.25, 0.3) is 0 Å². The van der Waals surface area contributed by atoms with Crippen molar-refractivity contribution < 1.29 is 9.90 Å². The minimum atomic E-state index is -0.752. The zero-order valence-electron chi connectivity index (χ0n) is 12.5. The van der Waals surface area contributed by atoms with Gasteiger partial charge < -0.3 is 10.0 Å². The first-order valence-corrected chi connectivity index (χ1v) is 7.51. The van der Waals surface area contributed by atoms with Crippen molar-refractivity contribution in [2.45, 2.75) is 52.0 Å². The van der Waals surface area contributed by atoms with Crippen LogP contribution in [0, 0.1) is 5.41 Å². The van der Waals surface area contributed by atoms with Crippen molar-refractivity contribution in [2.24, 2.45) is 5.41 Å². The number of carboxylic acid groups (broad SMARTS) is 1. The van der Waals surface area contributed by atoms with Crippen LogP contribution in [0.5, 0.6) is 0 Å². The lowest BCUT2D eigenvalue weighted by atomic mass is 9.85. The molecule has 1 aliphatic rings. The average Bonchev–Trinajstić information content (AvgIpc) is 2.58. The quantitative estimate of drug-likeness (QED) is 0.846. The fourth-order valence-corrected chi connectivity index (χ4v) is 3.15. The van der Waals surface area contributed by atoms with Crippen molar-refractivity contribution in [1.82, 2.24) is 0 Å². The van der Waals surface area contributed by atoms with Crippen molar-refractivity contribution in [3.63, 3.8) is 0 Å². The summed E-state index contributed by atoms with van der Waals surface area (Å²) in [4.78, 5) is 13.3. The Bertz CT molecular complexity index is 442. The van der Waals surface area contributed by atoms with Crippen molar-refractivity contribution in [3.05, 3.63) is 30.3 Å². The monoisotopic (exact) mass is 275 g/mol. The van der Waals surface area contributed by atoms with Gasteiger partial charge in [-0.15, -0.1) is 0 Å². The lowest BCUT2D eigenvalue weighted by molar-refractivity contribution is -0.135. The number of aliphatic carboxylic acids is 1. The van der Waals surface area contributed by atoms with Crippen molar-refractivity contribution in [1.29, 1.82) is 0 Å². The van der Waals surface area contributed by atoms with Gasteiger partial charge in [0.05, 0.1) is 0 Å². The van der Waals surface area contributed by atoms with Gasteiger partial charge in [-0.05, 0) is 43.2 Å². The van der Waals surface area contributed by atoms with Crippen LogP contribution in [-0.4, -0.2) is 23.7 Å². The van der Waals surface area contributed by atoms with E-state index >= 15 is 0 Å². The minimum Gasteiger partial charge on any atom is -0.480 e. The molecule has 0 amide bonds. The van der Waals surface area contributed by atoms with Crippen molar-refractivity contribution >= 4 is 11.7 Å². The Morgan fingerprint density at radius 3 is 2.60 bits per heavy atom. The number of rotatable bonds is 4. The normalized spacial score (nSPS) is 22.0. The summed E-state index contributed by atoms with van der Waals surface area (Å²) in [5, 5.41) is 9.21. The topological polar surface area (TPSA) is 40.5 Å². The highest BCUT2D eigenvalue weighted by atomic mass is 16.4. The predicted octanol–water partition coefficient (Wildman–Crippen LogP) is 3.94. The number of anilines is 1. The third-order valence-corrected chi connectivity index (χ3v) is 4.38. The molecular weight excluding hydrogens is 250 g/mol. The molecule has 0 aliphatic heterocycles.